The Morgan fingerprint density at radius 1 is 1.47 bits per heavy atom. The first-order valence-electron chi connectivity index (χ1n) is 6.42. The molecule has 0 saturated heterocycles. The third-order valence-corrected chi connectivity index (χ3v) is 5.01. The van der Waals surface area contributed by atoms with Crippen LogP contribution in [0.1, 0.15) is 33.0 Å². The van der Waals surface area contributed by atoms with Gasteiger partial charge in [0.15, 0.2) is 5.03 Å². The predicted octanol–water partition coefficient (Wildman–Crippen LogP) is 2.30. The molecule has 0 radical (unpaired) electrons. The molecule has 1 heterocycles. The smallest absolute Gasteiger partial charge is 0.259 e. The average Bonchev–Trinajstić information content (AvgIpc) is 2.69. The summed E-state index contributed by atoms with van der Waals surface area (Å²) < 4.78 is 29.0. The van der Waals surface area contributed by atoms with Crippen LogP contribution in [-0.2, 0) is 16.6 Å². The van der Waals surface area contributed by atoms with Gasteiger partial charge in [0.25, 0.3) is 10.0 Å². The number of nitrogens with one attached hydrogen (secondary N) is 1. The van der Waals surface area contributed by atoms with E-state index >= 15 is 0 Å². The van der Waals surface area contributed by atoms with E-state index in [0.717, 1.165) is 6.42 Å². The summed E-state index contributed by atoms with van der Waals surface area (Å²) in [7, 11) is -3.54. The van der Waals surface area contributed by atoms with E-state index in [1.165, 1.54) is 0 Å². The van der Waals surface area contributed by atoms with Crippen molar-refractivity contribution in [3.63, 3.8) is 0 Å². The second-order valence-electron chi connectivity index (χ2n) is 5.01. The van der Waals surface area contributed by atoms with Gasteiger partial charge in [-0.1, -0.05) is 29.8 Å². The zero-order valence-corrected chi connectivity index (χ0v) is 14.3. The lowest BCUT2D eigenvalue weighted by Crippen LogP contribution is -2.37. The number of halogens is 1. The second kappa shape index (κ2) is 6.85. The molecule has 1 aromatic rings. The van der Waals surface area contributed by atoms with Crippen LogP contribution in [0.5, 0.6) is 0 Å². The van der Waals surface area contributed by atoms with E-state index in [2.05, 4.69) is 39.5 Å². The summed E-state index contributed by atoms with van der Waals surface area (Å²) in [6.45, 7) is 8.61. The van der Waals surface area contributed by atoms with Gasteiger partial charge in [-0.3, -0.25) is 0 Å². The number of imidazole rings is 1. The van der Waals surface area contributed by atoms with Gasteiger partial charge in [-0.05, 0) is 26.2 Å². The molecular formula is C12H22BrN3O2S. The molecule has 1 aromatic heterocycles. The maximum absolute atomic E-state index is 12.3. The van der Waals surface area contributed by atoms with Gasteiger partial charge in [0.2, 0.25) is 0 Å². The average molecular weight is 352 g/mol. The van der Waals surface area contributed by atoms with Gasteiger partial charge in [-0.15, -0.1) is 0 Å². The Morgan fingerprint density at radius 3 is 2.53 bits per heavy atom. The summed E-state index contributed by atoms with van der Waals surface area (Å²) in [6, 6.07) is -0.114. The van der Waals surface area contributed by atoms with E-state index in [9.17, 15) is 8.42 Å². The topological polar surface area (TPSA) is 64.0 Å². The predicted molar refractivity (Wildman–Crippen MR) is 80.0 cm³/mol. The molecule has 110 valence electrons. The first-order valence-corrected chi connectivity index (χ1v) is 9.02. The lowest BCUT2D eigenvalue weighted by molar-refractivity contribution is 0.487. The van der Waals surface area contributed by atoms with E-state index in [-0.39, 0.29) is 11.1 Å². The van der Waals surface area contributed by atoms with Crippen LogP contribution in [-0.4, -0.2) is 29.3 Å². The molecule has 0 aliphatic heterocycles. The first kappa shape index (κ1) is 16.7. The summed E-state index contributed by atoms with van der Waals surface area (Å²) >= 11 is 3.35. The van der Waals surface area contributed by atoms with Gasteiger partial charge in [0, 0.05) is 24.1 Å². The minimum atomic E-state index is -3.54. The molecule has 19 heavy (non-hydrogen) atoms. The summed E-state index contributed by atoms with van der Waals surface area (Å²) in [5.41, 5.74) is 0. The summed E-state index contributed by atoms with van der Waals surface area (Å²) in [4.78, 5) is 4.12. The molecular weight excluding hydrogens is 330 g/mol. The Kier molecular flexibility index (Phi) is 6.01. The van der Waals surface area contributed by atoms with E-state index in [1.54, 1.807) is 13.1 Å². The molecule has 1 atom stereocenters. The van der Waals surface area contributed by atoms with Crippen molar-refractivity contribution in [1.29, 1.82) is 0 Å². The SMILES string of the molecule is CCn1cc(S(=O)(=O)NC(CBr)CC(C)C)nc1C. The zero-order chi connectivity index (χ0) is 14.6. The highest BCUT2D eigenvalue weighted by Crippen LogP contribution is 2.13. The van der Waals surface area contributed by atoms with Gasteiger partial charge in [0.1, 0.15) is 5.82 Å². The fourth-order valence-electron chi connectivity index (χ4n) is 1.92. The lowest BCUT2D eigenvalue weighted by atomic mass is 10.1. The molecule has 0 spiro atoms. The number of alkyl halides is 1. The largest absolute Gasteiger partial charge is 0.334 e. The number of rotatable bonds is 7. The monoisotopic (exact) mass is 351 g/mol. The van der Waals surface area contributed by atoms with Gasteiger partial charge < -0.3 is 4.57 Å². The zero-order valence-electron chi connectivity index (χ0n) is 11.9. The van der Waals surface area contributed by atoms with Crippen molar-refractivity contribution in [2.75, 3.05) is 5.33 Å². The molecule has 1 N–H and O–H groups in total. The first-order chi connectivity index (χ1) is 8.80. The molecule has 7 heteroatoms. The summed E-state index contributed by atoms with van der Waals surface area (Å²) in [6.07, 6.45) is 2.37. The third kappa shape index (κ3) is 4.57. The van der Waals surface area contributed by atoms with Crippen molar-refractivity contribution in [3.8, 4) is 0 Å². The van der Waals surface area contributed by atoms with Crippen molar-refractivity contribution >= 4 is 26.0 Å². The standard InChI is InChI=1S/C12H22BrN3O2S/c1-5-16-8-12(14-10(16)4)19(17,18)15-11(7-13)6-9(2)3/h8-9,11,15H,5-7H2,1-4H3. The van der Waals surface area contributed by atoms with Crippen LogP contribution in [0, 0.1) is 12.8 Å². The number of aromatic nitrogens is 2. The van der Waals surface area contributed by atoms with Gasteiger partial charge in [0.05, 0.1) is 0 Å². The Balaban J connectivity index is 2.90. The molecule has 1 rings (SSSR count). The highest BCUT2D eigenvalue weighted by Gasteiger charge is 2.23. The van der Waals surface area contributed by atoms with Crippen LogP contribution < -0.4 is 4.72 Å². The van der Waals surface area contributed by atoms with Crippen LogP contribution >= 0.6 is 15.9 Å². The lowest BCUT2D eigenvalue weighted by Gasteiger charge is -2.17. The van der Waals surface area contributed by atoms with Gasteiger partial charge >= 0.3 is 0 Å². The van der Waals surface area contributed by atoms with E-state index < -0.39 is 10.0 Å². The van der Waals surface area contributed by atoms with Crippen molar-refractivity contribution < 1.29 is 8.42 Å². The Bertz CT molecular complexity index is 511. The highest BCUT2D eigenvalue weighted by atomic mass is 79.9. The maximum Gasteiger partial charge on any atom is 0.259 e. The molecule has 1 unspecified atom stereocenters. The molecule has 0 fully saturated rings. The highest BCUT2D eigenvalue weighted by molar-refractivity contribution is 9.09. The molecule has 0 aliphatic rings. The molecule has 0 amide bonds. The molecule has 0 bridgehead atoms. The van der Waals surface area contributed by atoms with Crippen LogP contribution in [0.25, 0.3) is 0 Å². The van der Waals surface area contributed by atoms with Crippen LogP contribution in [0.2, 0.25) is 0 Å². The van der Waals surface area contributed by atoms with Crippen LogP contribution in [0.3, 0.4) is 0 Å². The van der Waals surface area contributed by atoms with Crippen molar-refractivity contribution in [1.82, 2.24) is 14.3 Å². The minimum absolute atomic E-state index is 0.0987. The quantitative estimate of drug-likeness (QED) is 0.766. The fraction of sp³-hybridized carbons (Fsp3) is 0.750. The molecule has 0 aliphatic carbocycles. The molecule has 5 nitrogen and oxygen atoms in total. The van der Waals surface area contributed by atoms with Crippen LogP contribution in [0.4, 0.5) is 0 Å². The maximum atomic E-state index is 12.3. The Labute approximate surface area is 124 Å². The van der Waals surface area contributed by atoms with Crippen molar-refractivity contribution in [2.24, 2.45) is 5.92 Å². The second-order valence-corrected chi connectivity index (χ2v) is 7.32. The number of hydrogen-bond donors (Lipinski definition) is 1. The van der Waals surface area contributed by atoms with Gasteiger partial charge in [-0.2, -0.15) is 0 Å². The van der Waals surface area contributed by atoms with E-state index in [4.69, 9.17) is 0 Å². The Morgan fingerprint density at radius 2 is 2.11 bits per heavy atom. The fourth-order valence-corrected chi connectivity index (χ4v) is 3.82. The normalized spacial score (nSPS) is 14.0. The molecule has 0 aromatic carbocycles. The van der Waals surface area contributed by atoms with Crippen LogP contribution in [0.15, 0.2) is 11.2 Å². The number of aryl methyl sites for hydroxylation is 2. The van der Waals surface area contributed by atoms with Gasteiger partial charge in [-0.25, -0.2) is 18.1 Å². The van der Waals surface area contributed by atoms with Crippen molar-refractivity contribution in [2.45, 2.75) is 51.7 Å². The summed E-state index contributed by atoms with van der Waals surface area (Å²) in [5.74, 6) is 1.14. The number of sulfonamides is 1. The van der Waals surface area contributed by atoms with Crippen molar-refractivity contribution in [3.05, 3.63) is 12.0 Å². The van der Waals surface area contributed by atoms with E-state index in [0.29, 0.717) is 23.6 Å². The summed E-state index contributed by atoms with van der Waals surface area (Å²) in [5, 5.41) is 0.694. The van der Waals surface area contributed by atoms with E-state index in [1.807, 2.05) is 11.5 Å². The third-order valence-electron chi connectivity index (χ3n) is 2.83. The minimum Gasteiger partial charge on any atom is -0.334 e. The number of hydrogen-bond acceptors (Lipinski definition) is 3. The molecule has 0 saturated carbocycles. The Hall–Kier alpha value is -0.400. The number of nitrogens with zero attached hydrogens (tertiary/aromatic N) is 2.